The van der Waals surface area contributed by atoms with Gasteiger partial charge in [-0.2, -0.15) is 0 Å². The van der Waals surface area contributed by atoms with E-state index >= 15 is 0 Å². The zero-order valence-electron chi connectivity index (χ0n) is 11.6. The molecular formula is C17H17ClFNO. The molecule has 2 N–H and O–H groups in total. The van der Waals surface area contributed by atoms with Crippen molar-refractivity contribution in [3.63, 3.8) is 0 Å². The Balaban J connectivity index is 1.85. The van der Waals surface area contributed by atoms with E-state index in [0.29, 0.717) is 23.6 Å². The predicted molar refractivity (Wildman–Crippen MR) is 81.9 cm³/mol. The van der Waals surface area contributed by atoms with Crippen molar-refractivity contribution in [3.8, 4) is 0 Å². The van der Waals surface area contributed by atoms with Crippen LogP contribution in [-0.4, -0.2) is 12.6 Å². The van der Waals surface area contributed by atoms with Gasteiger partial charge in [-0.1, -0.05) is 41.9 Å². The summed E-state index contributed by atoms with van der Waals surface area (Å²) in [6.07, 6.45) is 1.02. The average Bonchev–Trinajstić information content (AvgIpc) is 2.50. The van der Waals surface area contributed by atoms with Crippen molar-refractivity contribution in [2.75, 3.05) is 6.61 Å². The van der Waals surface area contributed by atoms with Crippen molar-refractivity contribution in [1.82, 2.24) is 0 Å². The molecule has 110 valence electrons. The lowest BCUT2D eigenvalue weighted by Gasteiger charge is -2.30. The fraction of sp³-hybridized carbons (Fsp3) is 0.294. The van der Waals surface area contributed by atoms with E-state index < -0.39 is 0 Å². The van der Waals surface area contributed by atoms with Crippen molar-refractivity contribution in [1.29, 1.82) is 0 Å². The molecule has 0 spiro atoms. The van der Waals surface area contributed by atoms with Crippen LogP contribution in [0.15, 0.2) is 42.5 Å². The van der Waals surface area contributed by atoms with Gasteiger partial charge in [0.05, 0.1) is 12.7 Å². The Morgan fingerprint density at radius 2 is 2.05 bits per heavy atom. The van der Waals surface area contributed by atoms with E-state index in [-0.39, 0.29) is 18.0 Å². The van der Waals surface area contributed by atoms with Crippen LogP contribution in [0.1, 0.15) is 22.8 Å². The smallest absolute Gasteiger partial charge is 0.127 e. The topological polar surface area (TPSA) is 35.2 Å². The fourth-order valence-corrected chi connectivity index (χ4v) is 3.09. The fourth-order valence-electron chi connectivity index (χ4n) is 2.85. The summed E-state index contributed by atoms with van der Waals surface area (Å²) in [6.45, 7) is 0.639. The number of hydrogen-bond donors (Lipinski definition) is 1. The van der Waals surface area contributed by atoms with Crippen LogP contribution in [0, 0.1) is 5.82 Å². The van der Waals surface area contributed by atoms with Gasteiger partial charge in [-0.3, -0.25) is 0 Å². The normalized spacial score (nSPS) is 19.1. The summed E-state index contributed by atoms with van der Waals surface area (Å²) in [4.78, 5) is 0. The molecule has 2 atom stereocenters. The molecule has 0 aromatic heterocycles. The molecule has 1 heterocycles. The third-order valence-electron chi connectivity index (χ3n) is 3.92. The summed E-state index contributed by atoms with van der Waals surface area (Å²) in [5, 5.41) is 0.412. The van der Waals surface area contributed by atoms with E-state index in [1.54, 1.807) is 12.1 Å². The molecule has 0 fully saturated rings. The van der Waals surface area contributed by atoms with Crippen LogP contribution in [0.3, 0.4) is 0 Å². The van der Waals surface area contributed by atoms with Gasteiger partial charge in [-0.05, 0) is 36.1 Å². The standard InChI is InChI=1S/C17H17ClFNO/c18-14-6-3-7-15(19)13(14)10-16(20)17-12-5-2-1-4-11(12)8-9-21-17/h1-7,16-17H,8-10,20H2. The molecule has 0 aliphatic carbocycles. The van der Waals surface area contributed by atoms with Crippen molar-refractivity contribution < 1.29 is 9.13 Å². The predicted octanol–water partition coefficient (Wildman–Crippen LogP) is 3.66. The molecule has 0 radical (unpaired) electrons. The molecule has 2 aromatic carbocycles. The molecule has 0 bridgehead atoms. The quantitative estimate of drug-likeness (QED) is 0.939. The van der Waals surface area contributed by atoms with Crippen LogP contribution >= 0.6 is 11.6 Å². The Hall–Kier alpha value is -1.42. The zero-order valence-corrected chi connectivity index (χ0v) is 12.3. The average molecular weight is 306 g/mol. The van der Waals surface area contributed by atoms with Gasteiger partial charge in [0, 0.05) is 16.6 Å². The monoisotopic (exact) mass is 305 g/mol. The summed E-state index contributed by atoms with van der Waals surface area (Å²) in [5.41, 5.74) is 9.09. The summed E-state index contributed by atoms with van der Waals surface area (Å²) in [5.74, 6) is -0.318. The summed E-state index contributed by atoms with van der Waals surface area (Å²) < 4.78 is 19.7. The lowest BCUT2D eigenvalue weighted by atomic mass is 9.90. The maximum atomic E-state index is 13.9. The molecule has 4 heteroatoms. The molecule has 0 amide bonds. The second-order valence-electron chi connectivity index (χ2n) is 5.31. The SMILES string of the molecule is NC(Cc1c(F)cccc1Cl)C1OCCc2ccccc21. The minimum atomic E-state index is -0.333. The van der Waals surface area contributed by atoms with Crippen molar-refractivity contribution >= 4 is 11.6 Å². The second kappa shape index (κ2) is 6.14. The summed E-state index contributed by atoms with van der Waals surface area (Å²) in [6, 6.07) is 12.5. The van der Waals surface area contributed by atoms with Crippen LogP contribution < -0.4 is 5.73 Å². The van der Waals surface area contributed by atoms with Crippen molar-refractivity contribution in [3.05, 3.63) is 70.0 Å². The van der Waals surface area contributed by atoms with Gasteiger partial charge >= 0.3 is 0 Å². The van der Waals surface area contributed by atoms with Crippen molar-refractivity contribution in [2.24, 2.45) is 5.73 Å². The number of halogens is 2. The van der Waals surface area contributed by atoms with Gasteiger partial charge in [-0.25, -0.2) is 4.39 Å². The Labute approximate surface area is 128 Å². The molecule has 0 saturated carbocycles. The first kappa shape index (κ1) is 14.5. The van der Waals surface area contributed by atoms with Crippen LogP contribution in [-0.2, 0) is 17.6 Å². The first-order valence-corrected chi connectivity index (χ1v) is 7.42. The first-order chi connectivity index (χ1) is 10.2. The highest BCUT2D eigenvalue weighted by molar-refractivity contribution is 6.31. The van der Waals surface area contributed by atoms with Gasteiger partial charge in [0.15, 0.2) is 0 Å². The van der Waals surface area contributed by atoms with E-state index in [0.717, 1.165) is 12.0 Å². The highest BCUT2D eigenvalue weighted by atomic mass is 35.5. The number of hydrogen-bond acceptors (Lipinski definition) is 2. The third-order valence-corrected chi connectivity index (χ3v) is 4.27. The van der Waals surface area contributed by atoms with Gasteiger partial charge < -0.3 is 10.5 Å². The van der Waals surface area contributed by atoms with Crippen LogP contribution in [0.5, 0.6) is 0 Å². The van der Waals surface area contributed by atoms with E-state index in [9.17, 15) is 4.39 Å². The molecule has 0 saturated heterocycles. The van der Waals surface area contributed by atoms with E-state index in [1.165, 1.54) is 11.6 Å². The van der Waals surface area contributed by atoms with Gasteiger partial charge in [0.2, 0.25) is 0 Å². The number of nitrogens with two attached hydrogens (primary N) is 1. The van der Waals surface area contributed by atoms with Crippen molar-refractivity contribution in [2.45, 2.75) is 25.0 Å². The number of benzene rings is 2. The van der Waals surface area contributed by atoms with Crippen LogP contribution in [0.25, 0.3) is 0 Å². The Kier molecular flexibility index (Phi) is 4.24. The Bertz CT molecular complexity index is 626. The molecule has 1 aliphatic rings. The van der Waals surface area contributed by atoms with E-state index in [2.05, 4.69) is 6.07 Å². The molecule has 2 aromatic rings. The largest absolute Gasteiger partial charge is 0.372 e. The second-order valence-corrected chi connectivity index (χ2v) is 5.72. The summed E-state index contributed by atoms with van der Waals surface area (Å²) >= 11 is 6.08. The lowest BCUT2D eigenvalue weighted by Crippen LogP contribution is -2.35. The van der Waals surface area contributed by atoms with E-state index in [4.69, 9.17) is 22.1 Å². The third kappa shape index (κ3) is 2.95. The minimum absolute atomic E-state index is 0.217. The number of rotatable bonds is 3. The Morgan fingerprint density at radius 3 is 2.86 bits per heavy atom. The highest BCUT2D eigenvalue weighted by Gasteiger charge is 2.27. The first-order valence-electron chi connectivity index (χ1n) is 7.04. The molecule has 2 nitrogen and oxygen atoms in total. The number of fused-ring (bicyclic) bond motifs is 1. The van der Waals surface area contributed by atoms with Crippen LogP contribution in [0.2, 0.25) is 5.02 Å². The molecule has 3 rings (SSSR count). The highest BCUT2D eigenvalue weighted by Crippen LogP contribution is 2.31. The summed E-state index contributed by atoms with van der Waals surface area (Å²) in [7, 11) is 0. The molecular weight excluding hydrogens is 289 g/mol. The van der Waals surface area contributed by atoms with Gasteiger partial charge in [0.25, 0.3) is 0 Å². The maximum absolute atomic E-state index is 13.9. The lowest BCUT2D eigenvalue weighted by molar-refractivity contribution is 0.0245. The minimum Gasteiger partial charge on any atom is -0.372 e. The van der Waals surface area contributed by atoms with Gasteiger partial charge in [-0.15, -0.1) is 0 Å². The zero-order chi connectivity index (χ0) is 14.8. The maximum Gasteiger partial charge on any atom is 0.127 e. The number of ether oxygens (including phenoxy) is 1. The van der Waals surface area contributed by atoms with Crippen LogP contribution in [0.4, 0.5) is 4.39 Å². The Morgan fingerprint density at radius 1 is 1.24 bits per heavy atom. The molecule has 21 heavy (non-hydrogen) atoms. The van der Waals surface area contributed by atoms with E-state index in [1.807, 2.05) is 18.2 Å². The molecule has 1 aliphatic heterocycles. The molecule has 2 unspecified atom stereocenters. The van der Waals surface area contributed by atoms with Gasteiger partial charge in [0.1, 0.15) is 5.82 Å².